The van der Waals surface area contributed by atoms with Crippen molar-refractivity contribution in [3.8, 4) is 0 Å². The number of hydrogen-bond acceptors (Lipinski definition) is 2. The van der Waals surface area contributed by atoms with Crippen LogP contribution in [-0.2, 0) is 4.74 Å². The van der Waals surface area contributed by atoms with Crippen molar-refractivity contribution in [2.45, 2.75) is 104 Å². The summed E-state index contributed by atoms with van der Waals surface area (Å²) in [5, 5.41) is 10.2. The van der Waals surface area contributed by atoms with Crippen molar-refractivity contribution in [3.63, 3.8) is 0 Å². The normalized spacial score (nSPS) is 16.3. The third kappa shape index (κ3) is 8.65. The Morgan fingerprint density at radius 2 is 1.42 bits per heavy atom. The van der Waals surface area contributed by atoms with Crippen LogP contribution in [0.2, 0.25) is 0 Å². The van der Waals surface area contributed by atoms with E-state index in [4.69, 9.17) is 4.74 Å². The first-order chi connectivity index (χ1) is 9.10. The van der Waals surface area contributed by atoms with Crippen LogP contribution >= 0.6 is 0 Å². The van der Waals surface area contributed by atoms with Gasteiger partial charge in [-0.25, -0.2) is 0 Å². The standard InChI is InChI=1S/C17H36O2/c1-5-8-9-10-11-12-13-14-15-16(18)17(4,6-2)19-7-3/h16,18H,5-15H2,1-4H3. The van der Waals surface area contributed by atoms with Crippen LogP contribution in [0.3, 0.4) is 0 Å². The summed E-state index contributed by atoms with van der Waals surface area (Å²) in [6.45, 7) is 9.05. The van der Waals surface area contributed by atoms with E-state index in [1.54, 1.807) is 0 Å². The summed E-state index contributed by atoms with van der Waals surface area (Å²) in [6.07, 6.45) is 11.9. The second-order valence-electron chi connectivity index (χ2n) is 5.88. The highest BCUT2D eigenvalue weighted by molar-refractivity contribution is 4.82. The SMILES string of the molecule is CCCCCCCCCCC(O)C(C)(CC)OCC. The minimum absolute atomic E-state index is 0.322. The highest BCUT2D eigenvalue weighted by Crippen LogP contribution is 2.24. The van der Waals surface area contributed by atoms with Crippen LogP contribution in [0, 0.1) is 0 Å². The molecule has 1 N–H and O–H groups in total. The summed E-state index contributed by atoms with van der Waals surface area (Å²) in [4.78, 5) is 0. The maximum Gasteiger partial charge on any atom is 0.0909 e. The summed E-state index contributed by atoms with van der Waals surface area (Å²) < 4.78 is 5.71. The average molecular weight is 272 g/mol. The molecule has 0 radical (unpaired) electrons. The van der Waals surface area contributed by atoms with Gasteiger partial charge in [0, 0.05) is 6.61 Å². The van der Waals surface area contributed by atoms with Gasteiger partial charge in [-0.15, -0.1) is 0 Å². The molecule has 0 heterocycles. The van der Waals surface area contributed by atoms with Gasteiger partial charge in [-0.1, -0.05) is 65.2 Å². The van der Waals surface area contributed by atoms with Gasteiger partial charge in [0.15, 0.2) is 0 Å². The van der Waals surface area contributed by atoms with Crippen molar-refractivity contribution in [2.24, 2.45) is 0 Å². The molecule has 0 aromatic carbocycles. The van der Waals surface area contributed by atoms with E-state index >= 15 is 0 Å². The summed E-state index contributed by atoms with van der Waals surface area (Å²) in [5.74, 6) is 0. The maximum atomic E-state index is 10.2. The predicted octanol–water partition coefficient (Wildman–Crippen LogP) is 5.08. The highest BCUT2D eigenvalue weighted by Gasteiger charge is 2.31. The molecule has 2 unspecified atom stereocenters. The number of hydrogen-bond donors (Lipinski definition) is 1. The molecule has 116 valence electrons. The van der Waals surface area contributed by atoms with Gasteiger partial charge >= 0.3 is 0 Å². The molecule has 0 saturated carbocycles. The molecule has 0 aliphatic heterocycles. The van der Waals surface area contributed by atoms with Gasteiger partial charge in [-0.2, -0.15) is 0 Å². The van der Waals surface area contributed by atoms with E-state index in [-0.39, 0.29) is 11.7 Å². The predicted molar refractivity (Wildman–Crippen MR) is 83.6 cm³/mol. The van der Waals surface area contributed by atoms with Crippen molar-refractivity contribution >= 4 is 0 Å². The summed E-state index contributed by atoms with van der Waals surface area (Å²) in [5.41, 5.74) is -0.351. The Hall–Kier alpha value is -0.0800. The summed E-state index contributed by atoms with van der Waals surface area (Å²) >= 11 is 0. The first kappa shape index (κ1) is 18.9. The largest absolute Gasteiger partial charge is 0.390 e. The van der Waals surface area contributed by atoms with Gasteiger partial charge in [0.2, 0.25) is 0 Å². The molecule has 2 nitrogen and oxygen atoms in total. The Kier molecular flexibility index (Phi) is 11.7. The molecular formula is C17H36O2. The van der Waals surface area contributed by atoms with Gasteiger partial charge in [-0.3, -0.25) is 0 Å². The Labute approximate surface area is 120 Å². The van der Waals surface area contributed by atoms with Crippen LogP contribution in [0.5, 0.6) is 0 Å². The Morgan fingerprint density at radius 3 is 1.89 bits per heavy atom. The first-order valence-electron chi connectivity index (χ1n) is 8.42. The number of rotatable bonds is 13. The van der Waals surface area contributed by atoms with Crippen molar-refractivity contribution in [1.82, 2.24) is 0 Å². The van der Waals surface area contributed by atoms with Crippen LogP contribution in [0.1, 0.15) is 91.9 Å². The molecule has 0 aromatic heterocycles. The molecule has 0 aliphatic rings. The summed E-state index contributed by atoms with van der Waals surface area (Å²) in [7, 11) is 0. The van der Waals surface area contributed by atoms with Crippen LogP contribution in [0.4, 0.5) is 0 Å². The van der Waals surface area contributed by atoms with E-state index in [9.17, 15) is 5.11 Å². The molecule has 0 aromatic rings. The minimum atomic E-state index is -0.351. The zero-order chi connectivity index (χ0) is 14.6. The van der Waals surface area contributed by atoms with Crippen molar-refractivity contribution in [3.05, 3.63) is 0 Å². The molecule has 2 atom stereocenters. The fraction of sp³-hybridized carbons (Fsp3) is 1.00. The molecular weight excluding hydrogens is 236 g/mol. The second kappa shape index (κ2) is 11.7. The fourth-order valence-electron chi connectivity index (χ4n) is 2.54. The first-order valence-corrected chi connectivity index (χ1v) is 8.42. The van der Waals surface area contributed by atoms with Crippen molar-refractivity contribution < 1.29 is 9.84 Å². The zero-order valence-electron chi connectivity index (χ0n) is 13.7. The van der Waals surface area contributed by atoms with E-state index < -0.39 is 0 Å². The lowest BCUT2D eigenvalue weighted by Gasteiger charge is -2.33. The number of ether oxygens (including phenoxy) is 1. The number of aliphatic hydroxyl groups excluding tert-OH is 1. The van der Waals surface area contributed by atoms with E-state index in [0.29, 0.717) is 6.61 Å². The number of aliphatic hydroxyl groups is 1. The van der Waals surface area contributed by atoms with Gasteiger partial charge < -0.3 is 9.84 Å². The quantitative estimate of drug-likeness (QED) is 0.474. The number of unbranched alkanes of at least 4 members (excludes halogenated alkanes) is 7. The third-order valence-electron chi connectivity index (χ3n) is 4.21. The smallest absolute Gasteiger partial charge is 0.0909 e. The van der Waals surface area contributed by atoms with E-state index in [1.807, 2.05) is 13.8 Å². The van der Waals surface area contributed by atoms with Crippen molar-refractivity contribution in [1.29, 1.82) is 0 Å². The molecule has 0 fully saturated rings. The fourth-order valence-corrected chi connectivity index (χ4v) is 2.54. The molecule has 0 spiro atoms. The lowest BCUT2D eigenvalue weighted by Crippen LogP contribution is -2.41. The zero-order valence-corrected chi connectivity index (χ0v) is 13.7. The van der Waals surface area contributed by atoms with Crippen molar-refractivity contribution in [2.75, 3.05) is 6.61 Å². The lowest BCUT2D eigenvalue weighted by atomic mass is 9.91. The molecule has 0 aliphatic carbocycles. The van der Waals surface area contributed by atoms with Crippen LogP contribution in [0.25, 0.3) is 0 Å². The Morgan fingerprint density at radius 1 is 0.895 bits per heavy atom. The van der Waals surface area contributed by atoms with E-state index in [2.05, 4.69) is 13.8 Å². The lowest BCUT2D eigenvalue weighted by molar-refractivity contribution is -0.113. The third-order valence-corrected chi connectivity index (χ3v) is 4.21. The Bertz CT molecular complexity index is 194. The molecule has 0 saturated heterocycles. The summed E-state index contributed by atoms with van der Waals surface area (Å²) in [6, 6.07) is 0. The van der Waals surface area contributed by atoms with Gasteiger partial charge in [0.25, 0.3) is 0 Å². The highest BCUT2D eigenvalue weighted by atomic mass is 16.5. The maximum absolute atomic E-state index is 10.2. The van der Waals surface area contributed by atoms with Crippen LogP contribution < -0.4 is 0 Å². The monoisotopic (exact) mass is 272 g/mol. The van der Waals surface area contributed by atoms with Crippen LogP contribution in [0.15, 0.2) is 0 Å². The van der Waals surface area contributed by atoms with Gasteiger partial charge in [-0.05, 0) is 26.7 Å². The van der Waals surface area contributed by atoms with E-state index in [0.717, 1.165) is 19.3 Å². The molecule has 0 bridgehead atoms. The average Bonchev–Trinajstić information content (AvgIpc) is 2.41. The molecule has 0 amide bonds. The van der Waals surface area contributed by atoms with Gasteiger partial charge in [0.1, 0.15) is 0 Å². The van der Waals surface area contributed by atoms with Gasteiger partial charge in [0.05, 0.1) is 11.7 Å². The molecule has 0 rings (SSSR count). The van der Waals surface area contributed by atoms with E-state index in [1.165, 1.54) is 44.9 Å². The topological polar surface area (TPSA) is 29.5 Å². The molecule has 2 heteroatoms. The van der Waals surface area contributed by atoms with Crippen LogP contribution in [-0.4, -0.2) is 23.4 Å². The minimum Gasteiger partial charge on any atom is -0.390 e. The Balaban J connectivity index is 3.59. The second-order valence-corrected chi connectivity index (χ2v) is 5.88. The molecule has 19 heavy (non-hydrogen) atoms.